The molecule has 8 heteroatoms. The highest BCUT2D eigenvalue weighted by Gasteiger charge is 2.36. The number of halogens is 1. The van der Waals surface area contributed by atoms with Crippen LogP contribution >= 0.6 is 0 Å². The van der Waals surface area contributed by atoms with Crippen LogP contribution in [0.15, 0.2) is 35.2 Å². The SMILES string of the molecule is CCc1cc(F)c2c(c1)CCC(C)N2S(=O)(=O)c1ccc(OCC2CCOCC2)c(CO)c1. The summed E-state index contributed by atoms with van der Waals surface area (Å²) in [6.45, 7) is 5.31. The summed E-state index contributed by atoms with van der Waals surface area (Å²) in [4.78, 5) is 0.0173. The third-order valence-corrected chi connectivity index (χ3v) is 8.55. The lowest BCUT2D eigenvalue weighted by atomic mass is 9.96. The number of sulfonamides is 1. The van der Waals surface area contributed by atoms with Crippen molar-refractivity contribution < 1.29 is 27.4 Å². The van der Waals surface area contributed by atoms with Crippen LogP contribution in [0.1, 0.15) is 49.8 Å². The molecule has 180 valence electrons. The van der Waals surface area contributed by atoms with E-state index in [1.54, 1.807) is 13.0 Å². The highest BCUT2D eigenvalue weighted by atomic mass is 32.2. The average Bonchev–Trinajstić information content (AvgIpc) is 2.83. The van der Waals surface area contributed by atoms with E-state index in [-0.39, 0.29) is 23.2 Å². The maximum absolute atomic E-state index is 15.1. The first-order valence-corrected chi connectivity index (χ1v) is 13.1. The maximum Gasteiger partial charge on any atom is 0.264 e. The van der Waals surface area contributed by atoms with Crippen LogP contribution in [0.25, 0.3) is 0 Å². The number of hydrogen-bond acceptors (Lipinski definition) is 5. The van der Waals surface area contributed by atoms with Gasteiger partial charge in [-0.2, -0.15) is 0 Å². The largest absolute Gasteiger partial charge is 0.493 e. The van der Waals surface area contributed by atoms with Crippen molar-refractivity contribution in [3.63, 3.8) is 0 Å². The van der Waals surface area contributed by atoms with Crippen LogP contribution in [-0.4, -0.2) is 39.4 Å². The molecule has 2 aliphatic rings. The van der Waals surface area contributed by atoms with Crippen molar-refractivity contribution in [1.82, 2.24) is 0 Å². The summed E-state index contributed by atoms with van der Waals surface area (Å²) >= 11 is 0. The summed E-state index contributed by atoms with van der Waals surface area (Å²) in [6, 6.07) is 7.45. The minimum Gasteiger partial charge on any atom is -0.493 e. The topological polar surface area (TPSA) is 76.1 Å². The van der Waals surface area contributed by atoms with Crippen molar-refractivity contribution in [2.75, 3.05) is 24.1 Å². The van der Waals surface area contributed by atoms with Gasteiger partial charge in [0.2, 0.25) is 0 Å². The Balaban J connectivity index is 1.64. The summed E-state index contributed by atoms with van der Waals surface area (Å²) in [5.74, 6) is 0.322. The van der Waals surface area contributed by atoms with Crippen molar-refractivity contribution in [2.24, 2.45) is 5.92 Å². The van der Waals surface area contributed by atoms with Gasteiger partial charge in [0.1, 0.15) is 11.6 Å². The lowest BCUT2D eigenvalue weighted by Crippen LogP contribution is -2.42. The second kappa shape index (κ2) is 9.99. The van der Waals surface area contributed by atoms with E-state index in [4.69, 9.17) is 9.47 Å². The Labute approximate surface area is 195 Å². The molecule has 4 rings (SSSR count). The molecule has 0 radical (unpaired) electrons. The van der Waals surface area contributed by atoms with Crippen molar-refractivity contribution in [1.29, 1.82) is 0 Å². The Morgan fingerprint density at radius 1 is 1.18 bits per heavy atom. The summed E-state index contributed by atoms with van der Waals surface area (Å²) in [5.41, 5.74) is 2.10. The number of nitrogens with zero attached hydrogens (tertiary/aromatic N) is 1. The van der Waals surface area contributed by atoms with Gasteiger partial charge in [0.25, 0.3) is 10.0 Å². The van der Waals surface area contributed by atoms with Crippen LogP contribution in [-0.2, 0) is 34.2 Å². The van der Waals surface area contributed by atoms with Gasteiger partial charge in [-0.05, 0) is 80.3 Å². The Kier molecular flexibility index (Phi) is 7.26. The fourth-order valence-corrected chi connectivity index (χ4v) is 6.42. The molecule has 0 saturated carbocycles. The van der Waals surface area contributed by atoms with Crippen LogP contribution in [0.5, 0.6) is 5.75 Å². The summed E-state index contributed by atoms with van der Waals surface area (Å²) < 4.78 is 54.9. The Hall–Kier alpha value is -2.16. The molecule has 0 spiro atoms. The molecule has 0 bridgehead atoms. The van der Waals surface area contributed by atoms with E-state index in [9.17, 15) is 13.5 Å². The molecular weight excluding hydrogens is 445 g/mol. The van der Waals surface area contributed by atoms with Gasteiger partial charge in [-0.15, -0.1) is 0 Å². The Morgan fingerprint density at radius 3 is 2.64 bits per heavy atom. The molecule has 1 atom stereocenters. The number of aliphatic hydroxyl groups excluding tert-OH is 1. The fourth-order valence-electron chi connectivity index (χ4n) is 4.63. The number of ether oxygens (including phenoxy) is 2. The van der Waals surface area contributed by atoms with E-state index < -0.39 is 15.8 Å². The second-order valence-corrected chi connectivity index (χ2v) is 10.7. The summed E-state index contributed by atoms with van der Waals surface area (Å²) in [6.07, 6.45) is 3.75. The molecule has 6 nitrogen and oxygen atoms in total. The zero-order valence-electron chi connectivity index (χ0n) is 19.2. The first-order chi connectivity index (χ1) is 15.8. The van der Waals surface area contributed by atoms with Gasteiger partial charge in [-0.1, -0.05) is 13.0 Å². The first kappa shape index (κ1) is 24.0. The lowest BCUT2D eigenvalue weighted by Gasteiger charge is -2.36. The van der Waals surface area contributed by atoms with E-state index in [0.29, 0.717) is 61.9 Å². The molecule has 0 amide bonds. The van der Waals surface area contributed by atoms with Crippen molar-refractivity contribution in [3.05, 3.63) is 52.8 Å². The first-order valence-electron chi connectivity index (χ1n) is 11.6. The van der Waals surface area contributed by atoms with E-state index >= 15 is 4.39 Å². The monoisotopic (exact) mass is 477 g/mol. The zero-order valence-corrected chi connectivity index (χ0v) is 20.0. The number of benzene rings is 2. The molecular formula is C25H32FNO5S. The summed E-state index contributed by atoms with van der Waals surface area (Å²) in [5, 5.41) is 9.90. The molecule has 1 unspecified atom stereocenters. The van der Waals surface area contributed by atoms with Crippen LogP contribution in [0.2, 0.25) is 0 Å². The van der Waals surface area contributed by atoms with Gasteiger partial charge in [-0.3, -0.25) is 4.31 Å². The number of aryl methyl sites for hydroxylation is 2. The Bertz CT molecular complexity index is 1100. The molecule has 0 aliphatic carbocycles. The molecule has 2 aromatic carbocycles. The van der Waals surface area contributed by atoms with Crippen molar-refractivity contribution >= 4 is 15.7 Å². The van der Waals surface area contributed by atoms with E-state index in [1.807, 2.05) is 13.0 Å². The quantitative estimate of drug-likeness (QED) is 0.646. The van der Waals surface area contributed by atoms with E-state index in [2.05, 4.69) is 0 Å². The zero-order chi connectivity index (χ0) is 23.6. The van der Waals surface area contributed by atoms with Crippen LogP contribution in [0, 0.1) is 11.7 Å². The number of fused-ring (bicyclic) bond motifs is 1. The molecule has 1 saturated heterocycles. The maximum atomic E-state index is 15.1. The number of rotatable bonds is 7. The predicted molar refractivity (Wildman–Crippen MR) is 125 cm³/mol. The van der Waals surface area contributed by atoms with Crippen molar-refractivity contribution in [3.8, 4) is 5.75 Å². The van der Waals surface area contributed by atoms with Gasteiger partial charge < -0.3 is 14.6 Å². The van der Waals surface area contributed by atoms with Crippen LogP contribution < -0.4 is 9.04 Å². The smallest absolute Gasteiger partial charge is 0.264 e. The average molecular weight is 478 g/mol. The standard InChI is InChI=1S/C25H32FNO5S/c1-3-18-12-20-5-4-17(2)27(25(20)23(26)13-18)33(29,30)22-6-7-24(21(14-22)15-28)32-16-19-8-10-31-11-9-19/h6-7,12-14,17,19,28H,3-5,8-11,15-16H2,1-2H3. The second-order valence-electron chi connectivity index (χ2n) is 8.92. The fraction of sp³-hybridized carbons (Fsp3) is 0.520. The molecule has 0 aromatic heterocycles. The summed E-state index contributed by atoms with van der Waals surface area (Å²) in [7, 11) is -4.04. The van der Waals surface area contributed by atoms with Gasteiger partial charge in [0, 0.05) is 24.8 Å². The molecule has 2 aliphatic heterocycles. The van der Waals surface area contributed by atoms with Crippen LogP contribution in [0.3, 0.4) is 0 Å². The van der Waals surface area contributed by atoms with E-state index in [1.165, 1.54) is 22.5 Å². The lowest BCUT2D eigenvalue weighted by molar-refractivity contribution is 0.0494. The normalized spacial score (nSPS) is 19.4. The van der Waals surface area contributed by atoms with Gasteiger partial charge >= 0.3 is 0 Å². The van der Waals surface area contributed by atoms with Crippen molar-refractivity contribution in [2.45, 2.75) is 63.5 Å². The number of hydrogen-bond donors (Lipinski definition) is 1. The molecule has 2 heterocycles. The van der Waals surface area contributed by atoms with E-state index in [0.717, 1.165) is 18.4 Å². The molecule has 1 fully saturated rings. The van der Waals surface area contributed by atoms with Crippen LogP contribution in [0.4, 0.5) is 10.1 Å². The minimum atomic E-state index is -4.04. The third kappa shape index (κ3) is 4.88. The molecule has 1 N–H and O–H groups in total. The Morgan fingerprint density at radius 2 is 1.94 bits per heavy atom. The van der Waals surface area contributed by atoms with Gasteiger partial charge in [0.15, 0.2) is 0 Å². The predicted octanol–water partition coefficient (Wildman–Crippen LogP) is 4.22. The number of aliphatic hydroxyl groups is 1. The third-order valence-electron chi connectivity index (χ3n) is 6.64. The molecule has 33 heavy (non-hydrogen) atoms. The molecule has 2 aromatic rings. The highest BCUT2D eigenvalue weighted by molar-refractivity contribution is 7.92. The van der Waals surface area contributed by atoms with Gasteiger partial charge in [0.05, 0.1) is 23.8 Å². The number of anilines is 1. The minimum absolute atomic E-state index is 0.0173. The highest BCUT2D eigenvalue weighted by Crippen LogP contribution is 2.39. The van der Waals surface area contributed by atoms with Gasteiger partial charge in [-0.25, -0.2) is 12.8 Å².